The van der Waals surface area contributed by atoms with Crippen molar-refractivity contribution in [3.8, 4) is 5.88 Å². The van der Waals surface area contributed by atoms with Crippen LogP contribution in [-0.2, 0) is 4.79 Å². The lowest BCUT2D eigenvalue weighted by atomic mass is 10.1. The molecule has 0 aliphatic carbocycles. The summed E-state index contributed by atoms with van der Waals surface area (Å²) < 4.78 is 5.42. The molecule has 0 aromatic carbocycles. The van der Waals surface area contributed by atoms with Gasteiger partial charge in [0.15, 0.2) is 0 Å². The fourth-order valence-corrected chi connectivity index (χ4v) is 1.51. The SMILES string of the molecule is CCCOc1cc(NCCC(=O)NC(C)(C)C)ncn1. The maximum atomic E-state index is 11.6. The molecular formula is C14H24N4O2. The number of aromatic nitrogens is 2. The molecule has 0 unspecified atom stereocenters. The van der Waals surface area contributed by atoms with E-state index in [-0.39, 0.29) is 11.4 Å². The van der Waals surface area contributed by atoms with E-state index in [4.69, 9.17) is 4.74 Å². The van der Waals surface area contributed by atoms with Crippen molar-refractivity contribution in [2.24, 2.45) is 0 Å². The fourth-order valence-electron chi connectivity index (χ4n) is 1.51. The lowest BCUT2D eigenvalue weighted by Gasteiger charge is -2.20. The molecule has 0 aliphatic rings. The minimum atomic E-state index is -0.201. The van der Waals surface area contributed by atoms with Crippen LogP contribution in [0.3, 0.4) is 0 Å². The van der Waals surface area contributed by atoms with E-state index < -0.39 is 0 Å². The summed E-state index contributed by atoms with van der Waals surface area (Å²) in [7, 11) is 0. The second-order valence-corrected chi connectivity index (χ2v) is 5.56. The lowest BCUT2D eigenvalue weighted by Crippen LogP contribution is -2.41. The van der Waals surface area contributed by atoms with Gasteiger partial charge in [0.2, 0.25) is 11.8 Å². The summed E-state index contributed by atoms with van der Waals surface area (Å²) in [5.74, 6) is 1.22. The Hall–Kier alpha value is -1.85. The highest BCUT2D eigenvalue weighted by Crippen LogP contribution is 2.11. The molecule has 112 valence electrons. The van der Waals surface area contributed by atoms with Crippen molar-refractivity contribution in [2.75, 3.05) is 18.5 Å². The Morgan fingerprint density at radius 2 is 2.10 bits per heavy atom. The third kappa shape index (κ3) is 6.92. The van der Waals surface area contributed by atoms with E-state index >= 15 is 0 Å². The summed E-state index contributed by atoms with van der Waals surface area (Å²) in [4.78, 5) is 19.7. The molecule has 20 heavy (non-hydrogen) atoms. The molecule has 2 N–H and O–H groups in total. The van der Waals surface area contributed by atoms with Gasteiger partial charge in [-0.3, -0.25) is 4.79 Å². The maximum Gasteiger partial charge on any atom is 0.222 e. The minimum Gasteiger partial charge on any atom is -0.478 e. The van der Waals surface area contributed by atoms with Crippen molar-refractivity contribution in [1.82, 2.24) is 15.3 Å². The Bertz CT molecular complexity index is 429. The second kappa shape index (κ2) is 7.67. The topological polar surface area (TPSA) is 76.1 Å². The molecule has 0 saturated heterocycles. The number of amides is 1. The van der Waals surface area contributed by atoms with Crippen molar-refractivity contribution in [2.45, 2.75) is 46.1 Å². The number of hydrogen-bond donors (Lipinski definition) is 2. The van der Waals surface area contributed by atoms with E-state index in [0.29, 0.717) is 31.3 Å². The van der Waals surface area contributed by atoms with Gasteiger partial charge in [-0.2, -0.15) is 0 Å². The number of carbonyl (C=O) groups is 1. The molecule has 0 spiro atoms. The number of hydrogen-bond acceptors (Lipinski definition) is 5. The number of carbonyl (C=O) groups excluding carboxylic acids is 1. The van der Waals surface area contributed by atoms with Crippen LogP contribution in [0.4, 0.5) is 5.82 Å². The fraction of sp³-hybridized carbons (Fsp3) is 0.643. The van der Waals surface area contributed by atoms with E-state index in [1.807, 2.05) is 27.7 Å². The van der Waals surface area contributed by atoms with Gasteiger partial charge in [-0.15, -0.1) is 0 Å². The average Bonchev–Trinajstić information content (AvgIpc) is 2.34. The Morgan fingerprint density at radius 3 is 2.75 bits per heavy atom. The molecule has 0 fully saturated rings. The van der Waals surface area contributed by atoms with Crippen molar-refractivity contribution >= 4 is 11.7 Å². The first-order chi connectivity index (χ1) is 9.40. The van der Waals surface area contributed by atoms with Crippen LogP contribution in [0.5, 0.6) is 5.88 Å². The number of anilines is 1. The number of ether oxygens (including phenoxy) is 1. The molecule has 1 aromatic heterocycles. The van der Waals surface area contributed by atoms with Crippen LogP contribution >= 0.6 is 0 Å². The number of nitrogens with zero attached hydrogens (tertiary/aromatic N) is 2. The molecule has 1 amide bonds. The monoisotopic (exact) mass is 280 g/mol. The quantitative estimate of drug-likeness (QED) is 0.798. The van der Waals surface area contributed by atoms with Gasteiger partial charge < -0.3 is 15.4 Å². The van der Waals surface area contributed by atoms with E-state index in [0.717, 1.165) is 6.42 Å². The molecule has 0 radical (unpaired) electrons. The van der Waals surface area contributed by atoms with Crippen LogP contribution in [-0.4, -0.2) is 34.6 Å². The molecule has 1 aromatic rings. The van der Waals surface area contributed by atoms with Crippen LogP contribution in [0.15, 0.2) is 12.4 Å². The van der Waals surface area contributed by atoms with Gasteiger partial charge in [0.1, 0.15) is 12.1 Å². The molecule has 0 bridgehead atoms. The van der Waals surface area contributed by atoms with E-state index in [9.17, 15) is 4.79 Å². The second-order valence-electron chi connectivity index (χ2n) is 5.56. The molecule has 6 heteroatoms. The van der Waals surface area contributed by atoms with E-state index in [1.165, 1.54) is 6.33 Å². The van der Waals surface area contributed by atoms with Gasteiger partial charge in [-0.25, -0.2) is 9.97 Å². The molecule has 0 saturated carbocycles. The first-order valence-corrected chi connectivity index (χ1v) is 6.90. The van der Waals surface area contributed by atoms with Crippen LogP contribution in [0.2, 0.25) is 0 Å². The van der Waals surface area contributed by atoms with Crippen LogP contribution in [0, 0.1) is 0 Å². The molecule has 0 atom stereocenters. The highest BCUT2D eigenvalue weighted by molar-refractivity contribution is 5.77. The number of nitrogens with one attached hydrogen (secondary N) is 2. The zero-order chi connectivity index (χ0) is 15.0. The molecule has 1 heterocycles. The first-order valence-electron chi connectivity index (χ1n) is 6.90. The standard InChI is InChI=1S/C14H24N4O2/c1-5-8-20-13-9-11(16-10-17-13)15-7-6-12(19)18-14(2,3)4/h9-10H,5-8H2,1-4H3,(H,18,19)(H,15,16,17). The smallest absolute Gasteiger partial charge is 0.222 e. The summed E-state index contributed by atoms with van der Waals surface area (Å²) in [6.07, 6.45) is 2.77. The Labute approximate surface area is 120 Å². The van der Waals surface area contributed by atoms with Crippen molar-refractivity contribution in [1.29, 1.82) is 0 Å². The largest absolute Gasteiger partial charge is 0.478 e. The van der Waals surface area contributed by atoms with Gasteiger partial charge in [-0.05, 0) is 27.2 Å². The third-order valence-corrected chi connectivity index (χ3v) is 2.27. The van der Waals surface area contributed by atoms with Gasteiger partial charge in [-0.1, -0.05) is 6.92 Å². The summed E-state index contributed by atoms with van der Waals surface area (Å²) in [5, 5.41) is 5.99. The Morgan fingerprint density at radius 1 is 1.35 bits per heavy atom. The Balaban J connectivity index is 2.36. The predicted octanol–water partition coefficient (Wildman–Crippen LogP) is 1.98. The van der Waals surface area contributed by atoms with Gasteiger partial charge in [0, 0.05) is 24.6 Å². The van der Waals surface area contributed by atoms with Gasteiger partial charge >= 0.3 is 0 Å². The minimum absolute atomic E-state index is 0.0153. The van der Waals surface area contributed by atoms with Crippen molar-refractivity contribution in [3.63, 3.8) is 0 Å². The molecular weight excluding hydrogens is 256 g/mol. The highest BCUT2D eigenvalue weighted by Gasteiger charge is 2.13. The number of rotatable bonds is 7. The van der Waals surface area contributed by atoms with Gasteiger partial charge in [0.05, 0.1) is 6.61 Å². The van der Waals surface area contributed by atoms with Crippen molar-refractivity contribution in [3.05, 3.63) is 12.4 Å². The zero-order valence-corrected chi connectivity index (χ0v) is 12.7. The highest BCUT2D eigenvalue weighted by atomic mass is 16.5. The molecule has 1 rings (SSSR count). The first kappa shape index (κ1) is 16.2. The van der Waals surface area contributed by atoms with E-state index in [1.54, 1.807) is 6.07 Å². The van der Waals surface area contributed by atoms with Gasteiger partial charge in [0.25, 0.3) is 0 Å². The van der Waals surface area contributed by atoms with Crippen LogP contribution in [0.25, 0.3) is 0 Å². The van der Waals surface area contributed by atoms with Crippen LogP contribution < -0.4 is 15.4 Å². The van der Waals surface area contributed by atoms with E-state index in [2.05, 4.69) is 20.6 Å². The molecule has 0 aliphatic heterocycles. The average molecular weight is 280 g/mol. The zero-order valence-electron chi connectivity index (χ0n) is 12.7. The lowest BCUT2D eigenvalue weighted by molar-refractivity contribution is -0.122. The predicted molar refractivity (Wildman–Crippen MR) is 78.8 cm³/mol. The summed E-state index contributed by atoms with van der Waals surface area (Å²) in [5.41, 5.74) is -0.201. The summed E-state index contributed by atoms with van der Waals surface area (Å²) in [6, 6.07) is 1.73. The summed E-state index contributed by atoms with van der Waals surface area (Å²) >= 11 is 0. The molecule has 6 nitrogen and oxygen atoms in total. The Kier molecular flexibility index (Phi) is 6.21. The normalized spacial score (nSPS) is 11.0. The maximum absolute atomic E-state index is 11.6. The third-order valence-electron chi connectivity index (χ3n) is 2.27. The van der Waals surface area contributed by atoms with Crippen molar-refractivity contribution < 1.29 is 9.53 Å². The van der Waals surface area contributed by atoms with Crippen LogP contribution in [0.1, 0.15) is 40.5 Å². The summed E-state index contributed by atoms with van der Waals surface area (Å²) in [6.45, 7) is 9.06.